The first-order valence-electron chi connectivity index (χ1n) is 5.90. The smallest absolute Gasteiger partial charge is 0.323 e. The molecular weight excluding hydrogens is 240 g/mol. The van der Waals surface area contributed by atoms with Crippen LogP contribution in [0.25, 0.3) is 0 Å². The average Bonchev–Trinajstić information content (AvgIpc) is 3.09. The van der Waals surface area contributed by atoms with Crippen molar-refractivity contribution in [3.8, 4) is 0 Å². The predicted octanol–water partition coefficient (Wildman–Crippen LogP) is 1.39. The number of unbranched alkanes of at least 4 members (excludes halogenated alkanes) is 1. The van der Waals surface area contributed by atoms with E-state index in [-0.39, 0.29) is 18.6 Å². The van der Waals surface area contributed by atoms with Gasteiger partial charge in [0.2, 0.25) is 0 Å². The Kier molecular flexibility index (Phi) is 6.18. The molecule has 0 spiro atoms. The highest BCUT2D eigenvalue weighted by atomic mass is 32.2. The lowest BCUT2D eigenvalue weighted by molar-refractivity contribution is -0.137. The number of nitrogens with one attached hydrogen (secondary N) is 1. The Morgan fingerprint density at radius 1 is 1.41 bits per heavy atom. The minimum absolute atomic E-state index is 0.136. The molecule has 1 aliphatic rings. The van der Waals surface area contributed by atoms with Crippen LogP contribution >= 0.6 is 11.8 Å². The van der Waals surface area contributed by atoms with Crippen molar-refractivity contribution in [1.82, 2.24) is 10.2 Å². The number of nitrogens with zero attached hydrogens (tertiary/aromatic N) is 1. The number of aliphatic carboxylic acids is 1. The van der Waals surface area contributed by atoms with E-state index in [1.54, 1.807) is 11.8 Å². The molecule has 1 saturated carbocycles. The number of amides is 2. The van der Waals surface area contributed by atoms with Crippen molar-refractivity contribution in [1.29, 1.82) is 0 Å². The second-order valence-corrected chi connectivity index (χ2v) is 5.17. The molecule has 0 unspecified atom stereocenters. The zero-order valence-corrected chi connectivity index (χ0v) is 11.0. The topological polar surface area (TPSA) is 69.6 Å². The summed E-state index contributed by atoms with van der Waals surface area (Å²) in [5.74, 6) is 0.145. The van der Waals surface area contributed by atoms with Gasteiger partial charge in [-0.2, -0.15) is 11.8 Å². The van der Waals surface area contributed by atoms with E-state index in [0.29, 0.717) is 6.54 Å². The summed E-state index contributed by atoms with van der Waals surface area (Å²) in [6, 6.07) is -0.101. The van der Waals surface area contributed by atoms with Gasteiger partial charge in [-0.25, -0.2) is 4.79 Å². The molecule has 5 nitrogen and oxygen atoms in total. The molecule has 0 bridgehead atoms. The Labute approximate surface area is 106 Å². The quantitative estimate of drug-likeness (QED) is 0.647. The Bertz CT molecular complexity index is 269. The summed E-state index contributed by atoms with van der Waals surface area (Å²) in [7, 11) is 0. The second kappa shape index (κ2) is 7.42. The number of hydrogen-bond acceptors (Lipinski definition) is 3. The van der Waals surface area contributed by atoms with Gasteiger partial charge in [0.15, 0.2) is 0 Å². The highest BCUT2D eigenvalue weighted by Crippen LogP contribution is 2.26. The summed E-state index contributed by atoms with van der Waals surface area (Å²) >= 11 is 1.79. The van der Waals surface area contributed by atoms with Crippen LogP contribution < -0.4 is 5.32 Å². The lowest BCUT2D eigenvalue weighted by atomic mass is 10.3. The number of urea groups is 1. The van der Waals surface area contributed by atoms with Gasteiger partial charge in [0.05, 0.1) is 0 Å². The van der Waals surface area contributed by atoms with Crippen molar-refractivity contribution >= 4 is 23.8 Å². The molecule has 0 atom stereocenters. The van der Waals surface area contributed by atoms with E-state index in [9.17, 15) is 9.59 Å². The summed E-state index contributed by atoms with van der Waals surface area (Å²) in [5.41, 5.74) is 0. The van der Waals surface area contributed by atoms with Crippen LogP contribution in [-0.4, -0.2) is 53.1 Å². The molecule has 0 aliphatic heterocycles. The molecule has 0 aromatic carbocycles. The number of carbonyl (C=O) groups excluding carboxylic acids is 1. The van der Waals surface area contributed by atoms with Crippen molar-refractivity contribution in [3.05, 3.63) is 0 Å². The lowest BCUT2D eigenvalue weighted by Gasteiger charge is -2.20. The maximum atomic E-state index is 11.7. The number of carboxylic acid groups (broad SMARTS) is 1. The van der Waals surface area contributed by atoms with Crippen molar-refractivity contribution in [3.63, 3.8) is 0 Å². The maximum absolute atomic E-state index is 11.7. The standard InChI is InChI=1S/C11H20N2O3S/c1-17-7-3-2-6-12-11(16)13(8-10(14)15)9-4-5-9/h9H,2-8H2,1H3,(H,12,16)(H,14,15). The van der Waals surface area contributed by atoms with Crippen LogP contribution in [0.1, 0.15) is 25.7 Å². The average molecular weight is 260 g/mol. The number of rotatable bonds is 8. The van der Waals surface area contributed by atoms with Gasteiger partial charge in [-0.15, -0.1) is 0 Å². The molecule has 1 aliphatic carbocycles. The summed E-state index contributed by atoms with van der Waals surface area (Å²) in [5, 5.41) is 11.5. The molecule has 1 rings (SSSR count). The number of carbonyl (C=O) groups is 2. The summed E-state index contributed by atoms with van der Waals surface area (Å²) in [4.78, 5) is 23.8. The lowest BCUT2D eigenvalue weighted by Crippen LogP contribution is -2.44. The minimum Gasteiger partial charge on any atom is -0.480 e. The summed E-state index contributed by atoms with van der Waals surface area (Å²) in [6.07, 6.45) is 5.92. The Hall–Kier alpha value is -0.910. The highest BCUT2D eigenvalue weighted by molar-refractivity contribution is 7.98. The molecule has 6 heteroatoms. The molecule has 0 aromatic rings. The van der Waals surface area contributed by atoms with Crippen molar-refractivity contribution in [2.45, 2.75) is 31.7 Å². The van der Waals surface area contributed by atoms with Gasteiger partial charge in [-0.3, -0.25) is 4.79 Å². The van der Waals surface area contributed by atoms with Gasteiger partial charge in [-0.05, 0) is 37.7 Å². The summed E-state index contributed by atoms with van der Waals surface area (Å²) in [6.45, 7) is 0.434. The van der Waals surface area contributed by atoms with E-state index < -0.39 is 5.97 Å². The first-order chi connectivity index (χ1) is 8.15. The molecule has 2 amide bonds. The van der Waals surface area contributed by atoms with Gasteiger partial charge < -0.3 is 15.3 Å². The molecule has 98 valence electrons. The minimum atomic E-state index is -0.950. The molecular formula is C11H20N2O3S. The third-order valence-corrected chi connectivity index (χ3v) is 3.30. The fourth-order valence-electron chi connectivity index (χ4n) is 1.57. The largest absolute Gasteiger partial charge is 0.480 e. The molecule has 17 heavy (non-hydrogen) atoms. The third kappa shape index (κ3) is 5.81. The third-order valence-electron chi connectivity index (χ3n) is 2.61. The predicted molar refractivity (Wildman–Crippen MR) is 68.4 cm³/mol. The summed E-state index contributed by atoms with van der Waals surface area (Å²) < 4.78 is 0. The fourth-order valence-corrected chi connectivity index (χ4v) is 2.06. The zero-order valence-electron chi connectivity index (χ0n) is 10.1. The Morgan fingerprint density at radius 2 is 2.12 bits per heavy atom. The monoisotopic (exact) mass is 260 g/mol. The Balaban J connectivity index is 2.20. The number of hydrogen-bond donors (Lipinski definition) is 2. The van der Waals surface area contributed by atoms with Crippen molar-refractivity contribution in [2.75, 3.05) is 25.1 Å². The second-order valence-electron chi connectivity index (χ2n) is 4.18. The van der Waals surface area contributed by atoms with Gasteiger partial charge in [0, 0.05) is 12.6 Å². The van der Waals surface area contributed by atoms with Gasteiger partial charge in [0.25, 0.3) is 0 Å². The number of carboxylic acids is 1. The molecule has 0 heterocycles. The van der Waals surface area contributed by atoms with Crippen LogP contribution in [-0.2, 0) is 4.79 Å². The van der Waals surface area contributed by atoms with Gasteiger partial charge in [0.1, 0.15) is 6.54 Å². The van der Waals surface area contributed by atoms with E-state index in [2.05, 4.69) is 11.6 Å². The number of thioether (sulfide) groups is 1. The molecule has 1 fully saturated rings. The molecule has 0 aromatic heterocycles. The van der Waals surface area contributed by atoms with Crippen LogP contribution in [0.15, 0.2) is 0 Å². The molecule has 0 radical (unpaired) electrons. The van der Waals surface area contributed by atoms with Crippen molar-refractivity contribution in [2.24, 2.45) is 0 Å². The van der Waals surface area contributed by atoms with E-state index in [0.717, 1.165) is 31.4 Å². The van der Waals surface area contributed by atoms with Crippen LogP contribution in [0.3, 0.4) is 0 Å². The molecule has 0 saturated heterocycles. The van der Waals surface area contributed by atoms with Crippen LogP contribution in [0.5, 0.6) is 0 Å². The van der Waals surface area contributed by atoms with E-state index >= 15 is 0 Å². The first kappa shape index (κ1) is 14.2. The van der Waals surface area contributed by atoms with Gasteiger partial charge >= 0.3 is 12.0 Å². The zero-order chi connectivity index (χ0) is 12.7. The fraction of sp³-hybridized carbons (Fsp3) is 0.818. The van der Waals surface area contributed by atoms with Crippen LogP contribution in [0, 0.1) is 0 Å². The Morgan fingerprint density at radius 3 is 2.65 bits per heavy atom. The van der Waals surface area contributed by atoms with Gasteiger partial charge in [-0.1, -0.05) is 0 Å². The molecule has 2 N–H and O–H groups in total. The normalized spacial score (nSPS) is 14.4. The highest BCUT2D eigenvalue weighted by Gasteiger charge is 2.33. The van der Waals surface area contributed by atoms with Crippen molar-refractivity contribution < 1.29 is 14.7 Å². The first-order valence-corrected chi connectivity index (χ1v) is 7.29. The van der Waals surface area contributed by atoms with Crippen LogP contribution in [0.2, 0.25) is 0 Å². The van der Waals surface area contributed by atoms with E-state index in [1.807, 2.05) is 0 Å². The van der Waals surface area contributed by atoms with E-state index in [4.69, 9.17) is 5.11 Å². The van der Waals surface area contributed by atoms with E-state index in [1.165, 1.54) is 4.90 Å². The maximum Gasteiger partial charge on any atom is 0.323 e. The van der Waals surface area contributed by atoms with Crippen LogP contribution in [0.4, 0.5) is 4.79 Å². The SMILES string of the molecule is CSCCCCNC(=O)N(CC(=O)O)C1CC1.